The lowest BCUT2D eigenvalue weighted by molar-refractivity contribution is -0.125. The van der Waals surface area contributed by atoms with Crippen molar-refractivity contribution in [3.05, 3.63) is 36.2 Å². The Morgan fingerprint density at radius 1 is 1.15 bits per heavy atom. The third-order valence-corrected chi connectivity index (χ3v) is 5.11. The Labute approximate surface area is 149 Å². The zero-order valence-electron chi connectivity index (χ0n) is 14.1. The standard InChI is InChI=1S/C18H19N5O3/c24-15(13-10-19-11-6-3-4-7-12(11)20-13)21-14-8-2-1-5-9-18(14)16(25)22-17(26)23-18/h3-4,6-7,10,14H,1-2,5,8-9H2,(H,21,24)(H2,22,23,25,26). The molecule has 2 atom stereocenters. The molecule has 3 N–H and O–H groups in total. The maximum atomic E-state index is 12.7. The predicted octanol–water partition coefficient (Wildman–Crippen LogP) is 1.27. The van der Waals surface area contributed by atoms with Crippen LogP contribution in [-0.2, 0) is 4.79 Å². The van der Waals surface area contributed by atoms with Crippen LogP contribution in [0.15, 0.2) is 30.5 Å². The van der Waals surface area contributed by atoms with Crippen molar-refractivity contribution in [2.24, 2.45) is 0 Å². The summed E-state index contributed by atoms with van der Waals surface area (Å²) >= 11 is 0. The number of rotatable bonds is 2. The summed E-state index contributed by atoms with van der Waals surface area (Å²) < 4.78 is 0. The first-order valence-corrected chi connectivity index (χ1v) is 8.75. The second-order valence-electron chi connectivity index (χ2n) is 6.75. The van der Waals surface area contributed by atoms with Gasteiger partial charge in [0.2, 0.25) is 0 Å². The second-order valence-corrected chi connectivity index (χ2v) is 6.75. The first-order valence-electron chi connectivity index (χ1n) is 8.75. The predicted molar refractivity (Wildman–Crippen MR) is 93.3 cm³/mol. The van der Waals surface area contributed by atoms with Crippen LogP contribution in [0.3, 0.4) is 0 Å². The molecule has 1 spiro atoms. The van der Waals surface area contributed by atoms with Crippen LogP contribution in [0, 0.1) is 0 Å². The van der Waals surface area contributed by atoms with E-state index in [0.717, 1.165) is 19.3 Å². The summed E-state index contributed by atoms with van der Waals surface area (Å²) in [5, 5.41) is 7.96. The molecule has 1 aliphatic carbocycles. The van der Waals surface area contributed by atoms with E-state index in [1.807, 2.05) is 18.2 Å². The molecule has 4 amide bonds. The highest BCUT2D eigenvalue weighted by Gasteiger charge is 2.52. The fraction of sp³-hybridized carbons (Fsp3) is 0.389. The second kappa shape index (κ2) is 6.36. The number of nitrogens with zero attached hydrogens (tertiary/aromatic N) is 2. The SMILES string of the molecule is O=C1NC(=O)C2(CCCCCC2NC(=O)c2cnc3ccccc3n2)N1. The van der Waals surface area contributed by atoms with Crippen LogP contribution in [0.25, 0.3) is 11.0 Å². The van der Waals surface area contributed by atoms with E-state index in [9.17, 15) is 14.4 Å². The van der Waals surface area contributed by atoms with Crippen molar-refractivity contribution in [1.82, 2.24) is 25.9 Å². The number of imide groups is 1. The molecule has 26 heavy (non-hydrogen) atoms. The topological polar surface area (TPSA) is 113 Å². The largest absolute Gasteiger partial charge is 0.345 e. The molecule has 134 valence electrons. The van der Waals surface area contributed by atoms with E-state index in [2.05, 4.69) is 25.9 Å². The lowest BCUT2D eigenvalue weighted by Crippen LogP contribution is -2.62. The first-order chi connectivity index (χ1) is 12.6. The van der Waals surface area contributed by atoms with Crippen LogP contribution in [0.4, 0.5) is 4.79 Å². The molecule has 0 bridgehead atoms. The van der Waals surface area contributed by atoms with E-state index >= 15 is 0 Å². The Hall–Kier alpha value is -3.03. The third kappa shape index (κ3) is 2.77. The average Bonchev–Trinajstić information content (AvgIpc) is 2.80. The fourth-order valence-corrected chi connectivity index (χ4v) is 3.77. The van der Waals surface area contributed by atoms with Gasteiger partial charge in [-0.2, -0.15) is 0 Å². The van der Waals surface area contributed by atoms with Crippen molar-refractivity contribution >= 4 is 28.9 Å². The molecule has 1 aromatic carbocycles. The molecule has 1 saturated carbocycles. The number of benzene rings is 1. The van der Waals surface area contributed by atoms with Gasteiger partial charge in [0.05, 0.1) is 23.3 Å². The summed E-state index contributed by atoms with van der Waals surface area (Å²) in [5.41, 5.74) is 0.431. The smallest absolute Gasteiger partial charge is 0.322 e. The van der Waals surface area contributed by atoms with Crippen molar-refractivity contribution < 1.29 is 14.4 Å². The van der Waals surface area contributed by atoms with Crippen molar-refractivity contribution in [3.63, 3.8) is 0 Å². The number of carbonyl (C=O) groups is 3. The normalized spacial score (nSPS) is 25.6. The van der Waals surface area contributed by atoms with Crippen LogP contribution >= 0.6 is 0 Å². The summed E-state index contributed by atoms with van der Waals surface area (Å²) in [5.74, 6) is -0.775. The number of para-hydroxylation sites is 2. The highest BCUT2D eigenvalue weighted by molar-refractivity contribution is 6.08. The van der Waals surface area contributed by atoms with Gasteiger partial charge < -0.3 is 10.6 Å². The molecule has 2 heterocycles. The fourth-order valence-electron chi connectivity index (χ4n) is 3.77. The van der Waals surface area contributed by atoms with Gasteiger partial charge in [-0.3, -0.25) is 19.9 Å². The molecule has 2 aliphatic rings. The minimum absolute atomic E-state index is 0.188. The number of fused-ring (bicyclic) bond motifs is 1. The van der Waals surface area contributed by atoms with Crippen LogP contribution < -0.4 is 16.0 Å². The van der Waals surface area contributed by atoms with E-state index in [0.29, 0.717) is 23.9 Å². The summed E-state index contributed by atoms with van der Waals surface area (Å²) in [6, 6.07) is 6.29. The van der Waals surface area contributed by atoms with Gasteiger partial charge in [0.1, 0.15) is 11.2 Å². The van der Waals surface area contributed by atoms with Crippen LogP contribution in [-0.4, -0.2) is 39.4 Å². The van der Waals surface area contributed by atoms with Gasteiger partial charge in [0.15, 0.2) is 0 Å². The molecule has 8 nitrogen and oxygen atoms in total. The minimum atomic E-state index is -1.09. The molecule has 1 saturated heterocycles. The Morgan fingerprint density at radius 3 is 2.73 bits per heavy atom. The zero-order chi connectivity index (χ0) is 18.1. The third-order valence-electron chi connectivity index (χ3n) is 5.11. The van der Waals surface area contributed by atoms with E-state index in [1.165, 1.54) is 6.20 Å². The Balaban J connectivity index is 1.61. The molecule has 2 fully saturated rings. The van der Waals surface area contributed by atoms with Crippen molar-refractivity contribution in [1.29, 1.82) is 0 Å². The number of hydrogen-bond donors (Lipinski definition) is 3. The molecule has 4 rings (SSSR count). The number of amides is 4. The van der Waals surface area contributed by atoms with Gasteiger partial charge in [-0.15, -0.1) is 0 Å². The number of carbonyl (C=O) groups excluding carboxylic acids is 3. The van der Waals surface area contributed by atoms with E-state index in [-0.39, 0.29) is 11.6 Å². The lowest BCUT2D eigenvalue weighted by atomic mass is 9.85. The average molecular weight is 353 g/mol. The van der Waals surface area contributed by atoms with Gasteiger partial charge in [0.25, 0.3) is 11.8 Å². The molecule has 2 unspecified atom stereocenters. The van der Waals surface area contributed by atoms with Crippen LogP contribution in [0.5, 0.6) is 0 Å². The van der Waals surface area contributed by atoms with Gasteiger partial charge in [-0.25, -0.2) is 9.78 Å². The summed E-state index contributed by atoms with van der Waals surface area (Å²) in [6.07, 6.45) is 5.18. The minimum Gasteiger partial charge on any atom is -0.345 e. The lowest BCUT2D eigenvalue weighted by Gasteiger charge is -2.33. The van der Waals surface area contributed by atoms with Gasteiger partial charge in [-0.1, -0.05) is 31.4 Å². The van der Waals surface area contributed by atoms with Crippen LogP contribution in [0.2, 0.25) is 0 Å². The summed E-state index contributed by atoms with van der Waals surface area (Å²) in [4.78, 5) is 45.5. The quantitative estimate of drug-likeness (QED) is 0.704. The molecule has 2 aromatic rings. The Bertz CT molecular complexity index is 899. The Morgan fingerprint density at radius 2 is 1.96 bits per heavy atom. The first kappa shape index (κ1) is 16.4. The van der Waals surface area contributed by atoms with Crippen molar-refractivity contribution in [3.8, 4) is 0 Å². The molecule has 0 radical (unpaired) electrons. The van der Waals surface area contributed by atoms with E-state index < -0.39 is 23.5 Å². The van der Waals surface area contributed by atoms with Gasteiger partial charge >= 0.3 is 6.03 Å². The van der Waals surface area contributed by atoms with Gasteiger partial charge in [0, 0.05) is 0 Å². The van der Waals surface area contributed by atoms with Crippen LogP contribution in [0.1, 0.15) is 42.6 Å². The van der Waals surface area contributed by atoms with Gasteiger partial charge in [-0.05, 0) is 25.0 Å². The number of aromatic nitrogens is 2. The molecule has 1 aliphatic heterocycles. The number of hydrogen-bond acceptors (Lipinski definition) is 5. The highest BCUT2D eigenvalue weighted by atomic mass is 16.2. The number of urea groups is 1. The van der Waals surface area contributed by atoms with E-state index in [4.69, 9.17) is 0 Å². The monoisotopic (exact) mass is 353 g/mol. The maximum Gasteiger partial charge on any atom is 0.322 e. The highest BCUT2D eigenvalue weighted by Crippen LogP contribution is 2.30. The van der Waals surface area contributed by atoms with Crippen molar-refractivity contribution in [2.45, 2.75) is 43.7 Å². The number of nitrogens with one attached hydrogen (secondary N) is 3. The maximum absolute atomic E-state index is 12.7. The molecule has 1 aromatic heterocycles. The van der Waals surface area contributed by atoms with Crippen molar-refractivity contribution in [2.75, 3.05) is 0 Å². The molecule has 8 heteroatoms. The summed E-state index contributed by atoms with van der Waals surface area (Å²) in [7, 11) is 0. The summed E-state index contributed by atoms with van der Waals surface area (Å²) in [6.45, 7) is 0. The molecular weight excluding hydrogens is 334 g/mol. The molecular formula is C18H19N5O3. The zero-order valence-corrected chi connectivity index (χ0v) is 14.1. The Kier molecular flexibility index (Phi) is 4.02. The van der Waals surface area contributed by atoms with E-state index in [1.54, 1.807) is 6.07 Å².